The summed E-state index contributed by atoms with van der Waals surface area (Å²) in [7, 11) is 0. The van der Waals surface area contributed by atoms with Crippen molar-refractivity contribution >= 4 is 5.97 Å². The van der Waals surface area contributed by atoms with Gasteiger partial charge in [-0.25, -0.2) is 4.79 Å². The third-order valence-corrected chi connectivity index (χ3v) is 2.37. The Hall–Kier alpha value is -1.03. The van der Waals surface area contributed by atoms with Crippen LogP contribution in [0, 0.1) is 0 Å². The predicted octanol–water partition coefficient (Wildman–Crippen LogP) is 2.48. The Morgan fingerprint density at radius 2 is 1.30 bits per heavy atom. The van der Waals surface area contributed by atoms with E-state index in [0.29, 0.717) is 6.61 Å². The van der Waals surface area contributed by atoms with Crippen LogP contribution in [0.2, 0.25) is 0 Å². The summed E-state index contributed by atoms with van der Waals surface area (Å²) in [6.07, 6.45) is -1.96. The van der Waals surface area contributed by atoms with Crippen LogP contribution < -0.4 is 0 Å². The lowest BCUT2D eigenvalue weighted by atomic mass is 10.6. The average molecular weight is 336 g/mol. The summed E-state index contributed by atoms with van der Waals surface area (Å²) in [6, 6.07) is 0. The minimum atomic E-state index is -0.812. The van der Waals surface area contributed by atoms with Crippen molar-refractivity contribution in [3.05, 3.63) is 12.7 Å². The van der Waals surface area contributed by atoms with E-state index in [9.17, 15) is 4.79 Å². The third kappa shape index (κ3) is 12.1. The first-order valence-corrected chi connectivity index (χ1v) is 7.51. The molecule has 0 heterocycles. The van der Waals surface area contributed by atoms with Crippen LogP contribution in [0.4, 0.5) is 0 Å². The molecule has 0 aliphatic carbocycles. The van der Waals surface area contributed by atoms with Crippen LogP contribution in [0.25, 0.3) is 0 Å². The summed E-state index contributed by atoms with van der Waals surface area (Å²) in [4.78, 5) is 19.9. The Labute approximate surface area is 137 Å². The normalized spacial score (nSPS) is 17.8. The minimum absolute atomic E-state index is 0.371. The van der Waals surface area contributed by atoms with Crippen molar-refractivity contribution in [2.24, 2.45) is 0 Å². The van der Waals surface area contributed by atoms with Gasteiger partial charge in [-0.1, -0.05) is 6.58 Å². The average Bonchev–Trinajstić information content (AvgIpc) is 2.43. The van der Waals surface area contributed by atoms with Crippen molar-refractivity contribution in [2.45, 2.75) is 73.0 Å². The van der Waals surface area contributed by atoms with Crippen molar-refractivity contribution in [2.75, 3.05) is 6.61 Å². The topological polar surface area (TPSA) is 81.7 Å². The molecular formula is C15H28O8. The molecule has 0 aromatic heterocycles. The summed E-state index contributed by atoms with van der Waals surface area (Å²) in [5.74, 6) is -0.708. The van der Waals surface area contributed by atoms with Gasteiger partial charge >= 0.3 is 5.97 Å². The monoisotopic (exact) mass is 336 g/mol. The van der Waals surface area contributed by atoms with Crippen molar-refractivity contribution in [1.29, 1.82) is 0 Å². The smallest absolute Gasteiger partial charge is 0.353 e. The molecule has 5 atom stereocenters. The van der Waals surface area contributed by atoms with Crippen molar-refractivity contribution in [1.82, 2.24) is 0 Å². The highest BCUT2D eigenvalue weighted by molar-refractivity contribution is 5.80. The van der Waals surface area contributed by atoms with Crippen LogP contribution in [-0.2, 0) is 38.3 Å². The van der Waals surface area contributed by atoms with Crippen LogP contribution in [0.1, 0.15) is 41.5 Å². The Balaban J connectivity index is 3.97. The zero-order valence-electron chi connectivity index (χ0n) is 14.6. The SMILES string of the molecule is C=CC(=O)OOC(C)OC(C)OC(C)OC(C)OC(C)OCC. The summed E-state index contributed by atoms with van der Waals surface area (Å²) in [5, 5.41) is 0. The van der Waals surface area contributed by atoms with Gasteiger partial charge in [-0.05, 0) is 41.5 Å². The van der Waals surface area contributed by atoms with Gasteiger partial charge in [0.15, 0.2) is 25.2 Å². The fourth-order valence-corrected chi connectivity index (χ4v) is 1.62. The maximum absolute atomic E-state index is 10.8. The molecule has 0 bridgehead atoms. The van der Waals surface area contributed by atoms with Crippen molar-refractivity contribution in [3.8, 4) is 0 Å². The molecule has 0 fully saturated rings. The van der Waals surface area contributed by atoms with Crippen molar-refractivity contribution < 1.29 is 38.3 Å². The first-order chi connectivity index (χ1) is 10.8. The standard InChI is InChI=1S/C15H28O8/c1-8-15(16)23-22-14(7)21-13(6)20-12(5)19-11(4)18-10(3)17-9-2/h8,10-14H,1,9H2,2-7H3. The molecule has 0 saturated carbocycles. The van der Waals surface area contributed by atoms with Gasteiger partial charge in [-0.3, -0.25) is 4.89 Å². The molecule has 23 heavy (non-hydrogen) atoms. The summed E-state index contributed by atoms with van der Waals surface area (Å²) in [6.45, 7) is 14.1. The Kier molecular flexibility index (Phi) is 11.8. The van der Waals surface area contributed by atoms with Gasteiger partial charge in [-0.2, -0.15) is 4.89 Å². The molecule has 0 spiro atoms. The van der Waals surface area contributed by atoms with Crippen LogP contribution in [0.5, 0.6) is 0 Å². The second-order valence-electron chi connectivity index (χ2n) is 4.54. The first kappa shape index (κ1) is 22.0. The number of rotatable bonds is 13. The molecule has 8 heteroatoms. The molecule has 0 saturated heterocycles. The lowest BCUT2D eigenvalue weighted by Gasteiger charge is -2.25. The molecule has 8 nitrogen and oxygen atoms in total. The maximum Gasteiger partial charge on any atom is 0.365 e. The molecular weight excluding hydrogens is 308 g/mol. The van der Waals surface area contributed by atoms with Gasteiger partial charge in [0.2, 0.25) is 6.29 Å². The van der Waals surface area contributed by atoms with Crippen molar-refractivity contribution in [3.63, 3.8) is 0 Å². The van der Waals surface area contributed by atoms with Gasteiger partial charge in [0, 0.05) is 12.7 Å². The maximum atomic E-state index is 10.8. The van der Waals surface area contributed by atoms with E-state index < -0.39 is 31.1 Å². The van der Waals surface area contributed by atoms with Crippen LogP contribution in [0.3, 0.4) is 0 Å². The molecule has 0 aromatic rings. The van der Waals surface area contributed by atoms with E-state index in [4.69, 9.17) is 28.6 Å². The highest BCUT2D eigenvalue weighted by atomic mass is 17.2. The van der Waals surface area contributed by atoms with E-state index in [-0.39, 0.29) is 6.29 Å². The summed E-state index contributed by atoms with van der Waals surface area (Å²) >= 11 is 0. The lowest BCUT2D eigenvalue weighted by Crippen LogP contribution is -2.31. The van der Waals surface area contributed by atoms with Crippen LogP contribution >= 0.6 is 0 Å². The minimum Gasteiger partial charge on any atom is -0.353 e. The zero-order valence-corrected chi connectivity index (χ0v) is 14.6. The Morgan fingerprint density at radius 1 is 0.870 bits per heavy atom. The molecule has 0 aliphatic rings. The fourth-order valence-electron chi connectivity index (χ4n) is 1.62. The van der Waals surface area contributed by atoms with E-state index in [0.717, 1.165) is 6.08 Å². The molecule has 0 N–H and O–H groups in total. The number of carbonyl (C=O) groups excluding carboxylic acids is 1. The van der Waals surface area contributed by atoms with Crippen LogP contribution in [-0.4, -0.2) is 44.0 Å². The van der Waals surface area contributed by atoms with E-state index in [1.165, 1.54) is 0 Å². The first-order valence-electron chi connectivity index (χ1n) is 7.51. The van der Waals surface area contributed by atoms with Crippen LogP contribution in [0.15, 0.2) is 12.7 Å². The number of hydrogen-bond acceptors (Lipinski definition) is 8. The highest BCUT2D eigenvalue weighted by Gasteiger charge is 2.18. The molecule has 0 radical (unpaired) electrons. The largest absolute Gasteiger partial charge is 0.365 e. The Morgan fingerprint density at radius 3 is 1.74 bits per heavy atom. The van der Waals surface area contributed by atoms with Gasteiger partial charge < -0.3 is 23.7 Å². The number of carbonyl (C=O) groups is 1. The van der Waals surface area contributed by atoms with Gasteiger partial charge in [-0.15, -0.1) is 0 Å². The van der Waals surface area contributed by atoms with E-state index in [2.05, 4.69) is 11.5 Å². The molecule has 0 amide bonds. The molecule has 136 valence electrons. The van der Waals surface area contributed by atoms with E-state index in [1.54, 1.807) is 34.6 Å². The number of ether oxygens (including phenoxy) is 5. The quantitative estimate of drug-likeness (QED) is 0.220. The molecule has 0 aromatic carbocycles. The van der Waals surface area contributed by atoms with Gasteiger partial charge in [0.05, 0.1) is 0 Å². The molecule has 5 unspecified atom stereocenters. The second-order valence-corrected chi connectivity index (χ2v) is 4.54. The Bertz CT molecular complexity index is 335. The third-order valence-electron chi connectivity index (χ3n) is 2.37. The predicted molar refractivity (Wildman–Crippen MR) is 80.7 cm³/mol. The van der Waals surface area contributed by atoms with E-state index in [1.807, 2.05) is 6.92 Å². The van der Waals surface area contributed by atoms with Gasteiger partial charge in [0.25, 0.3) is 0 Å². The second kappa shape index (κ2) is 12.4. The lowest BCUT2D eigenvalue weighted by molar-refractivity contribution is -0.381. The van der Waals surface area contributed by atoms with Gasteiger partial charge in [0.1, 0.15) is 0 Å². The summed E-state index contributed by atoms with van der Waals surface area (Å²) < 4.78 is 27.0. The molecule has 0 aliphatic heterocycles. The highest BCUT2D eigenvalue weighted by Crippen LogP contribution is 2.10. The zero-order chi connectivity index (χ0) is 17.8. The number of hydrogen-bond donors (Lipinski definition) is 0. The van der Waals surface area contributed by atoms with E-state index >= 15 is 0 Å². The fraction of sp³-hybridized carbons (Fsp3) is 0.800. The molecule has 0 rings (SSSR count). The summed E-state index contributed by atoms with van der Waals surface area (Å²) in [5.41, 5.74) is 0.